The van der Waals surface area contributed by atoms with Crippen molar-refractivity contribution in [1.29, 1.82) is 0 Å². The quantitative estimate of drug-likeness (QED) is 0.804. The van der Waals surface area contributed by atoms with Crippen molar-refractivity contribution in [3.8, 4) is 0 Å². The first-order chi connectivity index (χ1) is 7.29. The standard InChI is InChI=1S/C11H16N4/c1-3-8(2)7-12-9-4-5-10-11(6-9)14-15-13-10/h4-6,8,12H,3,7H2,1-2H3,(H,13,14,15). The lowest BCUT2D eigenvalue weighted by molar-refractivity contribution is 0.593. The fourth-order valence-electron chi connectivity index (χ4n) is 1.39. The average Bonchev–Trinajstić information content (AvgIpc) is 2.72. The Morgan fingerprint density at radius 2 is 2.13 bits per heavy atom. The molecular formula is C11H16N4. The zero-order chi connectivity index (χ0) is 10.7. The van der Waals surface area contributed by atoms with Crippen LogP contribution < -0.4 is 5.32 Å². The molecule has 2 N–H and O–H groups in total. The van der Waals surface area contributed by atoms with Crippen molar-refractivity contribution >= 4 is 16.7 Å². The van der Waals surface area contributed by atoms with Gasteiger partial charge in [0.15, 0.2) is 0 Å². The van der Waals surface area contributed by atoms with Gasteiger partial charge in [-0.05, 0) is 24.1 Å². The molecule has 1 aromatic carbocycles. The molecule has 15 heavy (non-hydrogen) atoms. The number of nitrogens with zero attached hydrogens (tertiary/aromatic N) is 2. The molecule has 1 atom stereocenters. The summed E-state index contributed by atoms with van der Waals surface area (Å²) in [5, 5.41) is 14.1. The highest BCUT2D eigenvalue weighted by Gasteiger charge is 2.01. The third kappa shape index (κ3) is 2.26. The van der Waals surface area contributed by atoms with Crippen molar-refractivity contribution in [1.82, 2.24) is 15.4 Å². The largest absolute Gasteiger partial charge is 0.385 e. The van der Waals surface area contributed by atoms with Crippen LogP contribution in [0, 0.1) is 5.92 Å². The molecule has 1 unspecified atom stereocenters. The van der Waals surface area contributed by atoms with Crippen molar-refractivity contribution in [2.24, 2.45) is 5.92 Å². The van der Waals surface area contributed by atoms with Crippen LogP contribution >= 0.6 is 0 Å². The van der Waals surface area contributed by atoms with Gasteiger partial charge < -0.3 is 5.32 Å². The average molecular weight is 204 g/mol. The first-order valence-corrected chi connectivity index (χ1v) is 5.34. The van der Waals surface area contributed by atoms with E-state index in [-0.39, 0.29) is 0 Å². The van der Waals surface area contributed by atoms with Crippen LogP contribution in [-0.2, 0) is 0 Å². The Kier molecular flexibility index (Phi) is 2.85. The van der Waals surface area contributed by atoms with Gasteiger partial charge in [0.05, 0.1) is 0 Å². The van der Waals surface area contributed by atoms with Gasteiger partial charge in [-0.25, -0.2) is 0 Å². The molecule has 0 radical (unpaired) electrons. The van der Waals surface area contributed by atoms with Crippen molar-refractivity contribution < 1.29 is 0 Å². The zero-order valence-electron chi connectivity index (χ0n) is 9.12. The van der Waals surface area contributed by atoms with Gasteiger partial charge in [0, 0.05) is 12.2 Å². The number of hydrogen-bond acceptors (Lipinski definition) is 3. The second kappa shape index (κ2) is 4.29. The predicted molar refractivity (Wildman–Crippen MR) is 61.8 cm³/mol. The topological polar surface area (TPSA) is 53.6 Å². The van der Waals surface area contributed by atoms with Gasteiger partial charge in [0.2, 0.25) is 0 Å². The number of benzene rings is 1. The van der Waals surface area contributed by atoms with E-state index < -0.39 is 0 Å². The van der Waals surface area contributed by atoms with Crippen LogP contribution in [0.2, 0.25) is 0 Å². The van der Waals surface area contributed by atoms with Crippen molar-refractivity contribution in [3.63, 3.8) is 0 Å². The maximum atomic E-state index is 4.05. The SMILES string of the molecule is CCC(C)CNc1ccc2n[nH]nc2c1. The summed E-state index contributed by atoms with van der Waals surface area (Å²) in [5.74, 6) is 0.693. The molecule has 0 aliphatic heterocycles. The van der Waals surface area contributed by atoms with E-state index in [1.807, 2.05) is 18.2 Å². The summed E-state index contributed by atoms with van der Waals surface area (Å²) in [6, 6.07) is 6.02. The van der Waals surface area contributed by atoms with E-state index in [4.69, 9.17) is 0 Å². The molecule has 0 saturated carbocycles. The first-order valence-electron chi connectivity index (χ1n) is 5.34. The predicted octanol–water partition coefficient (Wildman–Crippen LogP) is 2.42. The van der Waals surface area contributed by atoms with Crippen LogP contribution in [0.4, 0.5) is 5.69 Å². The number of hydrogen-bond donors (Lipinski definition) is 2. The number of anilines is 1. The highest BCUT2D eigenvalue weighted by Crippen LogP contribution is 2.15. The fraction of sp³-hybridized carbons (Fsp3) is 0.455. The molecule has 0 bridgehead atoms. The van der Waals surface area contributed by atoms with Gasteiger partial charge >= 0.3 is 0 Å². The molecule has 80 valence electrons. The maximum Gasteiger partial charge on any atom is 0.115 e. The molecule has 0 amide bonds. The molecule has 0 fully saturated rings. The Balaban J connectivity index is 2.08. The summed E-state index contributed by atoms with van der Waals surface area (Å²) in [6.45, 7) is 5.44. The Morgan fingerprint density at radius 1 is 1.33 bits per heavy atom. The Morgan fingerprint density at radius 3 is 2.93 bits per heavy atom. The fourth-order valence-corrected chi connectivity index (χ4v) is 1.39. The van der Waals surface area contributed by atoms with E-state index in [1.165, 1.54) is 6.42 Å². The highest BCUT2D eigenvalue weighted by atomic mass is 15.3. The second-order valence-corrected chi connectivity index (χ2v) is 3.92. The smallest absolute Gasteiger partial charge is 0.115 e. The normalized spacial score (nSPS) is 12.9. The molecule has 0 saturated heterocycles. The molecule has 2 aromatic rings. The molecule has 1 heterocycles. The maximum absolute atomic E-state index is 4.05. The van der Waals surface area contributed by atoms with Crippen LogP contribution in [0.1, 0.15) is 20.3 Å². The summed E-state index contributed by atoms with van der Waals surface area (Å²) < 4.78 is 0. The number of aromatic nitrogens is 3. The van der Waals surface area contributed by atoms with Crippen LogP contribution in [0.15, 0.2) is 18.2 Å². The van der Waals surface area contributed by atoms with E-state index >= 15 is 0 Å². The number of rotatable bonds is 4. The van der Waals surface area contributed by atoms with Gasteiger partial charge in [-0.2, -0.15) is 15.4 Å². The lowest BCUT2D eigenvalue weighted by atomic mass is 10.1. The van der Waals surface area contributed by atoms with E-state index in [9.17, 15) is 0 Å². The Hall–Kier alpha value is -1.58. The van der Waals surface area contributed by atoms with Gasteiger partial charge in [0.1, 0.15) is 11.0 Å². The van der Waals surface area contributed by atoms with Crippen molar-refractivity contribution in [2.45, 2.75) is 20.3 Å². The highest BCUT2D eigenvalue weighted by molar-refractivity contribution is 5.77. The molecule has 0 aliphatic rings. The van der Waals surface area contributed by atoms with E-state index in [1.54, 1.807) is 0 Å². The molecule has 2 rings (SSSR count). The monoisotopic (exact) mass is 204 g/mol. The van der Waals surface area contributed by atoms with Gasteiger partial charge in [0.25, 0.3) is 0 Å². The minimum absolute atomic E-state index is 0.693. The Labute approximate surface area is 89.1 Å². The number of nitrogens with one attached hydrogen (secondary N) is 2. The van der Waals surface area contributed by atoms with Crippen molar-refractivity contribution in [2.75, 3.05) is 11.9 Å². The van der Waals surface area contributed by atoms with Gasteiger partial charge in [-0.1, -0.05) is 20.3 Å². The number of fused-ring (bicyclic) bond motifs is 1. The third-order valence-electron chi connectivity index (χ3n) is 2.67. The zero-order valence-corrected chi connectivity index (χ0v) is 9.12. The summed E-state index contributed by atoms with van der Waals surface area (Å²) in [4.78, 5) is 0. The molecule has 0 aliphatic carbocycles. The summed E-state index contributed by atoms with van der Waals surface area (Å²) >= 11 is 0. The second-order valence-electron chi connectivity index (χ2n) is 3.92. The lowest BCUT2D eigenvalue weighted by Gasteiger charge is -2.10. The molecule has 4 heteroatoms. The minimum Gasteiger partial charge on any atom is -0.385 e. The van der Waals surface area contributed by atoms with Crippen molar-refractivity contribution in [3.05, 3.63) is 18.2 Å². The van der Waals surface area contributed by atoms with E-state index in [0.717, 1.165) is 23.3 Å². The van der Waals surface area contributed by atoms with Crippen LogP contribution in [-0.4, -0.2) is 22.0 Å². The third-order valence-corrected chi connectivity index (χ3v) is 2.67. The first kappa shape index (κ1) is 9.96. The van der Waals surface area contributed by atoms with Crippen LogP contribution in [0.3, 0.4) is 0 Å². The number of H-pyrrole nitrogens is 1. The summed E-state index contributed by atoms with van der Waals surface area (Å²) in [7, 11) is 0. The summed E-state index contributed by atoms with van der Waals surface area (Å²) in [6.07, 6.45) is 1.19. The molecule has 1 aromatic heterocycles. The van der Waals surface area contributed by atoms with Gasteiger partial charge in [-0.3, -0.25) is 0 Å². The molecular weight excluding hydrogens is 188 g/mol. The van der Waals surface area contributed by atoms with E-state index in [0.29, 0.717) is 5.92 Å². The van der Waals surface area contributed by atoms with Crippen LogP contribution in [0.5, 0.6) is 0 Å². The number of aromatic amines is 1. The minimum atomic E-state index is 0.693. The Bertz CT molecular complexity index is 435. The van der Waals surface area contributed by atoms with E-state index in [2.05, 4.69) is 34.6 Å². The molecule has 4 nitrogen and oxygen atoms in total. The lowest BCUT2D eigenvalue weighted by Crippen LogP contribution is -2.09. The summed E-state index contributed by atoms with van der Waals surface area (Å²) in [5.41, 5.74) is 2.92. The van der Waals surface area contributed by atoms with Gasteiger partial charge in [-0.15, -0.1) is 0 Å². The van der Waals surface area contributed by atoms with Crippen LogP contribution in [0.25, 0.3) is 11.0 Å². The molecule has 0 spiro atoms.